The van der Waals surface area contributed by atoms with Crippen LogP contribution in [0.2, 0.25) is 0 Å². The number of carbonyl (C=O) groups is 1. The SMILES string of the molecule is CC(N(C)C(=O)C1CNc2ccccc21)C(C)(C)C. The monoisotopic (exact) mass is 260 g/mol. The van der Waals surface area contributed by atoms with E-state index in [1.165, 1.54) is 0 Å². The molecule has 2 atom stereocenters. The Bertz CT molecular complexity index is 476. The molecule has 0 aliphatic carbocycles. The van der Waals surface area contributed by atoms with Crippen LogP contribution in [0, 0.1) is 5.41 Å². The molecule has 0 bridgehead atoms. The molecule has 0 saturated carbocycles. The highest BCUT2D eigenvalue weighted by molar-refractivity contribution is 5.88. The van der Waals surface area contributed by atoms with E-state index in [1.807, 2.05) is 36.2 Å². The molecular weight excluding hydrogens is 236 g/mol. The molecule has 1 heterocycles. The number of likely N-dealkylation sites (N-methyl/N-ethyl adjacent to an activating group) is 1. The Labute approximate surface area is 116 Å². The van der Waals surface area contributed by atoms with E-state index in [2.05, 4.69) is 33.0 Å². The lowest BCUT2D eigenvalue weighted by Crippen LogP contribution is -2.45. The van der Waals surface area contributed by atoms with E-state index in [0.717, 1.165) is 11.3 Å². The normalized spacial score (nSPS) is 19.5. The maximum Gasteiger partial charge on any atom is 0.231 e. The number of nitrogens with zero attached hydrogens (tertiary/aromatic N) is 1. The van der Waals surface area contributed by atoms with Gasteiger partial charge in [0.05, 0.1) is 5.92 Å². The van der Waals surface area contributed by atoms with Crippen LogP contribution in [-0.4, -0.2) is 30.4 Å². The summed E-state index contributed by atoms with van der Waals surface area (Å²) in [7, 11) is 1.92. The molecule has 2 unspecified atom stereocenters. The van der Waals surface area contributed by atoms with Gasteiger partial charge in [0.15, 0.2) is 0 Å². The van der Waals surface area contributed by atoms with Gasteiger partial charge in [-0.05, 0) is 24.0 Å². The second kappa shape index (κ2) is 4.87. The van der Waals surface area contributed by atoms with Crippen LogP contribution in [0.3, 0.4) is 0 Å². The van der Waals surface area contributed by atoms with Gasteiger partial charge < -0.3 is 10.2 Å². The van der Waals surface area contributed by atoms with Gasteiger partial charge >= 0.3 is 0 Å². The minimum absolute atomic E-state index is 0.0500. The third kappa shape index (κ3) is 2.60. The molecule has 0 fully saturated rings. The molecule has 1 N–H and O–H groups in total. The van der Waals surface area contributed by atoms with Gasteiger partial charge in [-0.2, -0.15) is 0 Å². The van der Waals surface area contributed by atoms with E-state index in [-0.39, 0.29) is 23.3 Å². The zero-order valence-corrected chi connectivity index (χ0v) is 12.5. The lowest BCUT2D eigenvalue weighted by Gasteiger charge is -2.36. The fourth-order valence-electron chi connectivity index (χ4n) is 2.52. The van der Waals surface area contributed by atoms with Gasteiger partial charge in [-0.3, -0.25) is 4.79 Å². The fraction of sp³-hybridized carbons (Fsp3) is 0.562. The Morgan fingerprint density at radius 2 is 2.00 bits per heavy atom. The standard InChI is InChI=1S/C16H24N2O/c1-11(16(2,3)4)18(5)15(19)13-10-17-14-9-7-6-8-12(13)14/h6-9,11,13,17H,10H2,1-5H3. The van der Waals surface area contributed by atoms with E-state index in [0.29, 0.717) is 6.54 Å². The third-order valence-corrected chi connectivity index (χ3v) is 4.31. The fourth-order valence-corrected chi connectivity index (χ4v) is 2.52. The molecule has 1 amide bonds. The summed E-state index contributed by atoms with van der Waals surface area (Å²) in [6.07, 6.45) is 0. The van der Waals surface area contributed by atoms with E-state index in [1.54, 1.807) is 0 Å². The average molecular weight is 260 g/mol. The van der Waals surface area contributed by atoms with Crippen LogP contribution in [0.5, 0.6) is 0 Å². The lowest BCUT2D eigenvalue weighted by molar-refractivity contribution is -0.134. The Hall–Kier alpha value is -1.51. The molecule has 3 nitrogen and oxygen atoms in total. The highest BCUT2D eigenvalue weighted by Gasteiger charge is 2.34. The Morgan fingerprint density at radius 3 is 2.63 bits per heavy atom. The summed E-state index contributed by atoms with van der Waals surface area (Å²) >= 11 is 0. The van der Waals surface area contributed by atoms with Gasteiger partial charge in [0.1, 0.15) is 0 Å². The maximum atomic E-state index is 12.7. The van der Waals surface area contributed by atoms with Crippen molar-refractivity contribution < 1.29 is 4.79 Å². The molecule has 3 heteroatoms. The summed E-state index contributed by atoms with van der Waals surface area (Å²) in [4.78, 5) is 14.6. The predicted octanol–water partition coefficient (Wildman–Crippen LogP) is 3.09. The number of rotatable bonds is 2. The number of nitrogens with one attached hydrogen (secondary N) is 1. The zero-order chi connectivity index (χ0) is 14.2. The summed E-state index contributed by atoms with van der Waals surface area (Å²) in [5, 5.41) is 3.32. The molecule has 0 saturated heterocycles. The quantitative estimate of drug-likeness (QED) is 0.886. The maximum absolute atomic E-state index is 12.7. The first-order valence-corrected chi connectivity index (χ1v) is 6.92. The van der Waals surface area contributed by atoms with E-state index in [9.17, 15) is 4.79 Å². The minimum atomic E-state index is -0.0500. The number of anilines is 1. The van der Waals surface area contributed by atoms with Gasteiger partial charge in [0.25, 0.3) is 0 Å². The summed E-state index contributed by atoms with van der Waals surface area (Å²) in [6, 6.07) is 8.30. The number of hydrogen-bond donors (Lipinski definition) is 1. The lowest BCUT2D eigenvalue weighted by atomic mass is 9.86. The third-order valence-electron chi connectivity index (χ3n) is 4.31. The highest BCUT2D eigenvalue weighted by Crippen LogP contribution is 2.33. The molecule has 19 heavy (non-hydrogen) atoms. The van der Waals surface area contributed by atoms with Crippen molar-refractivity contribution in [2.24, 2.45) is 5.41 Å². The van der Waals surface area contributed by atoms with Gasteiger partial charge in [-0.15, -0.1) is 0 Å². The van der Waals surface area contributed by atoms with Crippen LogP contribution in [0.1, 0.15) is 39.2 Å². The molecule has 2 rings (SSSR count). The molecule has 1 aromatic rings. The van der Waals surface area contributed by atoms with Crippen LogP contribution in [0.15, 0.2) is 24.3 Å². The van der Waals surface area contributed by atoms with Crippen molar-refractivity contribution in [2.45, 2.75) is 39.7 Å². The molecule has 0 radical (unpaired) electrons. The second-order valence-corrected chi connectivity index (χ2v) is 6.51. The second-order valence-electron chi connectivity index (χ2n) is 6.51. The Morgan fingerprint density at radius 1 is 1.37 bits per heavy atom. The van der Waals surface area contributed by atoms with Crippen LogP contribution < -0.4 is 5.32 Å². The smallest absolute Gasteiger partial charge is 0.231 e. The van der Waals surface area contributed by atoms with Gasteiger partial charge in [0.2, 0.25) is 5.91 Å². The first kappa shape index (κ1) is 13.9. The van der Waals surface area contributed by atoms with Crippen molar-refractivity contribution in [1.82, 2.24) is 4.90 Å². The largest absolute Gasteiger partial charge is 0.384 e. The summed E-state index contributed by atoms with van der Waals surface area (Å²) in [5.74, 6) is 0.158. The Balaban J connectivity index is 2.18. The zero-order valence-electron chi connectivity index (χ0n) is 12.5. The molecule has 1 aromatic carbocycles. The molecule has 1 aliphatic heterocycles. The van der Waals surface area contributed by atoms with Crippen LogP contribution in [-0.2, 0) is 4.79 Å². The van der Waals surface area contributed by atoms with E-state index < -0.39 is 0 Å². The summed E-state index contributed by atoms with van der Waals surface area (Å²) in [5.41, 5.74) is 2.31. The summed E-state index contributed by atoms with van der Waals surface area (Å²) in [6.45, 7) is 9.33. The van der Waals surface area contributed by atoms with E-state index >= 15 is 0 Å². The van der Waals surface area contributed by atoms with Gasteiger partial charge in [-0.25, -0.2) is 0 Å². The van der Waals surface area contributed by atoms with Gasteiger partial charge in [-0.1, -0.05) is 39.0 Å². The first-order chi connectivity index (χ1) is 8.82. The van der Waals surface area contributed by atoms with Crippen LogP contribution in [0.25, 0.3) is 0 Å². The van der Waals surface area contributed by atoms with E-state index in [4.69, 9.17) is 0 Å². The number of fused-ring (bicyclic) bond motifs is 1. The van der Waals surface area contributed by atoms with Crippen molar-refractivity contribution in [3.8, 4) is 0 Å². The minimum Gasteiger partial charge on any atom is -0.384 e. The highest BCUT2D eigenvalue weighted by atomic mass is 16.2. The number of amides is 1. The van der Waals surface area contributed by atoms with Crippen LogP contribution >= 0.6 is 0 Å². The molecule has 1 aliphatic rings. The number of carbonyl (C=O) groups excluding carboxylic acids is 1. The molecular formula is C16H24N2O. The Kier molecular flexibility index (Phi) is 3.57. The van der Waals surface area contributed by atoms with Crippen molar-refractivity contribution in [1.29, 1.82) is 0 Å². The number of hydrogen-bond acceptors (Lipinski definition) is 2. The molecule has 0 aromatic heterocycles. The topological polar surface area (TPSA) is 32.3 Å². The van der Waals surface area contributed by atoms with Crippen LogP contribution in [0.4, 0.5) is 5.69 Å². The van der Waals surface area contributed by atoms with Gasteiger partial charge in [0, 0.05) is 25.3 Å². The first-order valence-electron chi connectivity index (χ1n) is 6.92. The van der Waals surface area contributed by atoms with Crippen molar-refractivity contribution >= 4 is 11.6 Å². The number of benzene rings is 1. The predicted molar refractivity (Wildman–Crippen MR) is 79.4 cm³/mol. The summed E-state index contributed by atoms with van der Waals surface area (Å²) < 4.78 is 0. The average Bonchev–Trinajstić information content (AvgIpc) is 2.78. The number of para-hydroxylation sites is 1. The van der Waals surface area contributed by atoms with Crippen molar-refractivity contribution in [2.75, 3.05) is 18.9 Å². The van der Waals surface area contributed by atoms with Crippen molar-refractivity contribution in [3.05, 3.63) is 29.8 Å². The molecule has 0 spiro atoms. The molecule has 104 valence electrons. The van der Waals surface area contributed by atoms with Crippen molar-refractivity contribution in [3.63, 3.8) is 0 Å².